The van der Waals surface area contributed by atoms with Crippen LogP contribution >= 0.6 is 11.3 Å². The molecule has 1 heterocycles. The molecule has 0 aliphatic rings. The number of nitrogens with one attached hydrogen (secondary N) is 2. The van der Waals surface area contributed by atoms with E-state index >= 15 is 0 Å². The minimum Gasteiger partial charge on any atom is -0.364 e. The largest absolute Gasteiger partial charge is 0.364 e. The van der Waals surface area contributed by atoms with Crippen LogP contribution in [-0.2, 0) is 16.1 Å². The molecule has 2 N–H and O–H groups in total. The van der Waals surface area contributed by atoms with Crippen LogP contribution in [0.15, 0.2) is 54.6 Å². The number of benzene rings is 2. The van der Waals surface area contributed by atoms with E-state index in [0.29, 0.717) is 10.7 Å². The average Bonchev–Trinajstić information content (AvgIpc) is 3.19. The third kappa shape index (κ3) is 6.16. The lowest BCUT2D eigenvalue weighted by Crippen LogP contribution is -2.30. The zero-order valence-corrected chi connectivity index (χ0v) is 16.4. The number of ether oxygens (including phenoxy) is 1. The van der Waals surface area contributed by atoms with Gasteiger partial charge >= 0.3 is 0 Å². The Kier molecular flexibility index (Phi) is 6.99. The van der Waals surface area contributed by atoms with Crippen LogP contribution < -0.4 is 10.6 Å². The van der Waals surface area contributed by atoms with Gasteiger partial charge in [0.15, 0.2) is 0 Å². The van der Waals surface area contributed by atoms with Crippen molar-refractivity contribution in [3.8, 4) is 0 Å². The lowest BCUT2D eigenvalue weighted by atomic mass is 10.1. The fourth-order valence-corrected chi connectivity index (χ4v) is 3.13. The predicted molar refractivity (Wildman–Crippen MR) is 107 cm³/mol. The van der Waals surface area contributed by atoms with Crippen molar-refractivity contribution in [2.45, 2.75) is 19.6 Å². The number of amides is 2. The first-order valence-electron chi connectivity index (χ1n) is 8.82. The summed E-state index contributed by atoms with van der Waals surface area (Å²) in [7, 11) is 0. The molecule has 7 nitrogen and oxygen atoms in total. The number of rotatable bonds is 8. The van der Waals surface area contributed by atoms with Gasteiger partial charge in [0.2, 0.25) is 10.9 Å². The molecule has 0 bridgehead atoms. The van der Waals surface area contributed by atoms with Gasteiger partial charge in [-0.25, -0.2) is 4.39 Å². The molecule has 1 atom stereocenters. The second-order valence-electron chi connectivity index (χ2n) is 6.15. The molecule has 0 saturated carbocycles. The molecule has 0 unspecified atom stereocenters. The normalized spacial score (nSPS) is 11.7. The van der Waals surface area contributed by atoms with Crippen LogP contribution in [0.4, 0.5) is 10.1 Å². The quantitative estimate of drug-likeness (QED) is 0.590. The molecule has 2 amide bonds. The highest BCUT2D eigenvalue weighted by Crippen LogP contribution is 2.15. The second kappa shape index (κ2) is 9.85. The van der Waals surface area contributed by atoms with E-state index in [2.05, 4.69) is 20.8 Å². The van der Waals surface area contributed by atoms with Crippen LogP contribution in [0.1, 0.15) is 33.3 Å². The maximum absolute atomic E-state index is 12.9. The number of nitrogens with zero attached hydrogens (tertiary/aromatic N) is 2. The van der Waals surface area contributed by atoms with E-state index in [1.807, 2.05) is 37.3 Å². The number of hydrogen-bond acceptors (Lipinski definition) is 6. The van der Waals surface area contributed by atoms with Crippen molar-refractivity contribution in [3.05, 3.63) is 76.0 Å². The van der Waals surface area contributed by atoms with Crippen LogP contribution in [0.25, 0.3) is 0 Å². The van der Waals surface area contributed by atoms with Crippen LogP contribution in [-0.4, -0.2) is 28.6 Å². The minimum absolute atomic E-state index is 0.0641. The Morgan fingerprint density at radius 1 is 1.10 bits per heavy atom. The molecule has 150 valence electrons. The molecule has 3 aromatic rings. The molecule has 3 rings (SSSR count). The fourth-order valence-electron chi connectivity index (χ4n) is 2.46. The summed E-state index contributed by atoms with van der Waals surface area (Å²) in [5.41, 5.74) is 1.45. The van der Waals surface area contributed by atoms with E-state index < -0.39 is 5.91 Å². The first kappa shape index (κ1) is 20.6. The highest BCUT2D eigenvalue weighted by Gasteiger charge is 2.14. The average molecular weight is 414 g/mol. The number of anilines is 1. The first-order valence-corrected chi connectivity index (χ1v) is 9.64. The second-order valence-corrected chi connectivity index (χ2v) is 7.22. The maximum atomic E-state index is 12.9. The molecule has 0 fully saturated rings. The molecular formula is C20H19FN4O3S. The van der Waals surface area contributed by atoms with Gasteiger partial charge in [-0.15, -0.1) is 10.2 Å². The van der Waals surface area contributed by atoms with Crippen molar-refractivity contribution in [2.24, 2.45) is 0 Å². The van der Waals surface area contributed by atoms with Gasteiger partial charge in [0, 0.05) is 5.69 Å². The zero-order valence-electron chi connectivity index (χ0n) is 15.6. The van der Waals surface area contributed by atoms with Crippen LogP contribution in [0.2, 0.25) is 0 Å². The Morgan fingerprint density at radius 3 is 2.55 bits per heavy atom. The van der Waals surface area contributed by atoms with Crippen molar-refractivity contribution in [1.82, 2.24) is 15.5 Å². The van der Waals surface area contributed by atoms with E-state index in [9.17, 15) is 14.0 Å². The molecule has 0 aliphatic heterocycles. The first-order chi connectivity index (χ1) is 14.0. The molecule has 0 aliphatic carbocycles. The fraction of sp³-hybridized carbons (Fsp3) is 0.200. The smallest absolute Gasteiger partial charge is 0.286 e. The van der Waals surface area contributed by atoms with Gasteiger partial charge in [-0.1, -0.05) is 41.7 Å². The summed E-state index contributed by atoms with van der Waals surface area (Å²) >= 11 is 1.06. The highest BCUT2D eigenvalue weighted by molar-refractivity contribution is 7.13. The van der Waals surface area contributed by atoms with Gasteiger partial charge < -0.3 is 15.4 Å². The summed E-state index contributed by atoms with van der Waals surface area (Å²) in [5, 5.41) is 13.8. The van der Waals surface area contributed by atoms with E-state index in [-0.39, 0.29) is 36.0 Å². The summed E-state index contributed by atoms with van der Waals surface area (Å²) in [6, 6.07) is 14.9. The summed E-state index contributed by atoms with van der Waals surface area (Å²) < 4.78 is 18.3. The number of carbonyl (C=O) groups excluding carboxylic acids is 2. The van der Waals surface area contributed by atoms with Gasteiger partial charge in [0.1, 0.15) is 24.0 Å². The van der Waals surface area contributed by atoms with Crippen LogP contribution in [0, 0.1) is 5.82 Å². The van der Waals surface area contributed by atoms with Gasteiger partial charge in [0.25, 0.3) is 5.91 Å². The van der Waals surface area contributed by atoms with E-state index in [1.54, 1.807) is 0 Å². The SMILES string of the molecule is C[C@H](NC(=O)COCc1nnc(C(=O)Nc2ccc(F)cc2)s1)c1ccccc1. The van der Waals surface area contributed by atoms with E-state index in [4.69, 9.17) is 4.74 Å². The molecule has 0 saturated heterocycles. The number of halogens is 1. The standard InChI is InChI=1S/C20H19FN4O3S/c1-13(14-5-3-2-4-6-14)22-17(26)11-28-12-18-24-25-20(29-18)19(27)23-16-9-7-15(21)8-10-16/h2-10,13H,11-12H2,1H3,(H,22,26)(H,23,27)/t13-/m0/s1. The Balaban J connectivity index is 1.43. The lowest BCUT2D eigenvalue weighted by Gasteiger charge is -2.14. The monoisotopic (exact) mass is 414 g/mol. The van der Waals surface area contributed by atoms with Crippen LogP contribution in [0.5, 0.6) is 0 Å². The van der Waals surface area contributed by atoms with Crippen molar-refractivity contribution in [1.29, 1.82) is 0 Å². The Hall–Kier alpha value is -3.17. The third-order valence-corrected chi connectivity index (χ3v) is 4.79. The van der Waals surface area contributed by atoms with Gasteiger partial charge in [-0.3, -0.25) is 9.59 Å². The number of aromatic nitrogens is 2. The number of carbonyl (C=O) groups is 2. The van der Waals surface area contributed by atoms with E-state index in [0.717, 1.165) is 16.9 Å². The van der Waals surface area contributed by atoms with Crippen molar-refractivity contribution >= 4 is 28.8 Å². The number of hydrogen-bond donors (Lipinski definition) is 2. The van der Waals surface area contributed by atoms with Gasteiger partial charge in [-0.05, 0) is 36.8 Å². The molecular weight excluding hydrogens is 395 g/mol. The van der Waals surface area contributed by atoms with Gasteiger partial charge in [-0.2, -0.15) is 0 Å². The highest BCUT2D eigenvalue weighted by atomic mass is 32.1. The Bertz CT molecular complexity index is 963. The predicted octanol–water partition coefficient (Wildman–Crippen LogP) is 3.32. The van der Waals surface area contributed by atoms with Crippen molar-refractivity contribution < 1.29 is 18.7 Å². The third-order valence-electron chi connectivity index (χ3n) is 3.90. The zero-order chi connectivity index (χ0) is 20.6. The molecule has 29 heavy (non-hydrogen) atoms. The topological polar surface area (TPSA) is 93.2 Å². The minimum atomic E-state index is -0.449. The maximum Gasteiger partial charge on any atom is 0.286 e. The molecule has 9 heteroatoms. The summed E-state index contributed by atoms with van der Waals surface area (Å²) in [6.45, 7) is 1.83. The van der Waals surface area contributed by atoms with E-state index in [1.165, 1.54) is 24.3 Å². The lowest BCUT2D eigenvalue weighted by molar-refractivity contribution is -0.126. The Labute approximate surface area is 170 Å². The molecule has 0 radical (unpaired) electrons. The van der Waals surface area contributed by atoms with Crippen LogP contribution in [0.3, 0.4) is 0 Å². The molecule has 0 spiro atoms. The Morgan fingerprint density at radius 2 is 1.83 bits per heavy atom. The summed E-state index contributed by atoms with van der Waals surface area (Å²) in [5.74, 6) is -1.09. The van der Waals surface area contributed by atoms with Crippen molar-refractivity contribution in [3.63, 3.8) is 0 Å². The molecule has 2 aromatic carbocycles. The summed E-state index contributed by atoms with van der Waals surface area (Å²) in [4.78, 5) is 24.1. The summed E-state index contributed by atoms with van der Waals surface area (Å²) in [6.07, 6.45) is 0. The van der Waals surface area contributed by atoms with Crippen molar-refractivity contribution in [2.75, 3.05) is 11.9 Å². The molecule has 1 aromatic heterocycles. The van der Waals surface area contributed by atoms with Gasteiger partial charge in [0.05, 0.1) is 6.04 Å².